The van der Waals surface area contributed by atoms with Crippen molar-refractivity contribution in [3.8, 4) is 0 Å². The van der Waals surface area contributed by atoms with E-state index in [0.717, 1.165) is 19.3 Å². The zero-order valence-electron chi connectivity index (χ0n) is 13.7. The smallest absolute Gasteiger partial charge is 0.408 e. The largest absolute Gasteiger partial charge is 0.444 e. The Morgan fingerprint density at radius 3 is 2.25 bits per heavy atom. The van der Waals surface area contributed by atoms with E-state index in [-0.39, 0.29) is 11.8 Å². The van der Waals surface area contributed by atoms with Gasteiger partial charge in [-0.25, -0.2) is 4.79 Å². The molecule has 0 rings (SSSR count). The molecule has 0 aliphatic rings. The molecule has 0 aliphatic carbocycles. The second-order valence-electron chi connectivity index (χ2n) is 6.15. The molecule has 118 valence electrons. The molecule has 0 heterocycles. The SMILES string of the molecule is CCCCNC(=O)C(NC(=O)OC(C)(C)C)C(C)CC. The number of ether oxygens (including phenoxy) is 1. The molecule has 0 fully saturated rings. The summed E-state index contributed by atoms with van der Waals surface area (Å²) in [7, 11) is 0. The number of alkyl carbamates (subject to hydrolysis) is 1. The van der Waals surface area contributed by atoms with E-state index in [1.165, 1.54) is 0 Å². The quantitative estimate of drug-likeness (QED) is 0.707. The summed E-state index contributed by atoms with van der Waals surface area (Å²) < 4.78 is 5.21. The van der Waals surface area contributed by atoms with Gasteiger partial charge in [0.15, 0.2) is 0 Å². The van der Waals surface area contributed by atoms with Gasteiger partial charge >= 0.3 is 6.09 Å². The highest BCUT2D eigenvalue weighted by Gasteiger charge is 2.27. The van der Waals surface area contributed by atoms with Crippen molar-refractivity contribution < 1.29 is 14.3 Å². The Labute approximate surface area is 122 Å². The summed E-state index contributed by atoms with van der Waals surface area (Å²) in [4.78, 5) is 23.9. The number of carbonyl (C=O) groups excluding carboxylic acids is 2. The predicted octanol–water partition coefficient (Wildman–Crippen LogP) is 2.84. The molecule has 2 N–H and O–H groups in total. The van der Waals surface area contributed by atoms with Crippen molar-refractivity contribution in [2.24, 2.45) is 5.92 Å². The van der Waals surface area contributed by atoms with E-state index in [4.69, 9.17) is 4.74 Å². The molecule has 0 saturated heterocycles. The standard InChI is InChI=1S/C15H30N2O3/c1-7-9-10-16-13(18)12(11(3)8-2)17-14(19)20-15(4,5)6/h11-12H,7-10H2,1-6H3,(H,16,18)(H,17,19). The molecule has 0 aromatic heterocycles. The highest BCUT2D eigenvalue weighted by Crippen LogP contribution is 2.11. The van der Waals surface area contributed by atoms with E-state index in [0.29, 0.717) is 6.54 Å². The molecule has 5 heteroatoms. The molecule has 0 aromatic rings. The topological polar surface area (TPSA) is 67.4 Å². The number of hydrogen-bond acceptors (Lipinski definition) is 3. The third-order valence-electron chi connectivity index (χ3n) is 3.00. The Kier molecular flexibility index (Phi) is 8.26. The second kappa shape index (κ2) is 8.82. The number of unbranched alkanes of at least 4 members (excludes halogenated alkanes) is 1. The van der Waals surface area contributed by atoms with Gasteiger partial charge in [0.25, 0.3) is 0 Å². The molecule has 2 amide bonds. The van der Waals surface area contributed by atoms with Crippen LogP contribution in [0.15, 0.2) is 0 Å². The number of amides is 2. The lowest BCUT2D eigenvalue weighted by molar-refractivity contribution is -0.124. The first kappa shape index (κ1) is 18.7. The van der Waals surface area contributed by atoms with Gasteiger partial charge in [0.05, 0.1) is 0 Å². The van der Waals surface area contributed by atoms with Crippen LogP contribution in [0.4, 0.5) is 4.79 Å². The average Bonchev–Trinajstić information content (AvgIpc) is 2.33. The van der Waals surface area contributed by atoms with Crippen molar-refractivity contribution in [3.63, 3.8) is 0 Å². The van der Waals surface area contributed by atoms with E-state index < -0.39 is 17.7 Å². The third kappa shape index (κ3) is 8.02. The Balaban J connectivity index is 4.56. The highest BCUT2D eigenvalue weighted by molar-refractivity contribution is 5.85. The van der Waals surface area contributed by atoms with Crippen molar-refractivity contribution >= 4 is 12.0 Å². The molecule has 0 bridgehead atoms. The number of rotatable bonds is 7. The maximum absolute atomic E-state index is 12.1. The lowest BCUT2D eigenvalue weighted by atomic mass is 9.98. The number of hydrogen-bond donors (Lipinski definition) is 2. The Bertz CT molecular complexity index is 311. The van der Waals surface area contributed by atoms with E-state index in [1.54, 1.807) is 20.8 Å². The van der Waals surface area contributed by atoms with Crippen molar-refractivity contribution in [1.29, 1.82) is 0 Å². The first-order valence-electron chi connectivity index (χ1n) is 7.48. The van der Waals surface area contributed by atoms with Gasteiger partial charge < -0.3 is 15.4 Å². The van der Waals surface area contributed by atoms with Gasteiger partial charge in [-0.05, 0) is 33.1 Å². The summed E-state index contributed by atoms with van der Waals surface area (Å²) >= 11 is 0. The molecule has 0 saturated carbocycles. The van der Waals surface area contributed by atoms with Gasteiger partial charge in [-0.1, -0.05) is 33.6 Å². The predicted molar refractivity (Wildman–Crippen MR) is 80.5 cm³/mol. The molecule has 0 spiro atoms. The summed E-state index contributed by atoms with van der Waals surface area (Å²) in [6.45, 7) is 12.0. The zero-order valence-corrected chi connectivity index (χ0v) is 13.7. The van der Waals surface area contributed by atoms with Gasteiger partial charge in [0, 0.05) is 6.54 Å². The lowest BCUT2D eigenvalue weighted by Gasteiger charge is -2.26. The molecule has 0 radical (unpaired) electrons. The van der Waals surface area contributed by atoms with Gasteiger partial charge in [-0.3, -0.25) is 4.79 Å². The Morgan fingerprint density at radius 1 is 1.20 bits per heavy atom. The van der Waals surface area contributed by atoms with Crippen LogP contribution in [-0.4, -0.2) is 30.2 Å². The van der Waals surface area contributed by atoms with Crippen LogP contribution in [0.25, 0.3) is 0 Å². The van der Waals surface area contributed by atoms with Crippen molar-refractivity contribution in [2.45, 2.75) is 72.4 Å². The second-order valence-corrected chi connectivity index (χ2v) is 6.15. The zero-order chi connectivity index (χ0) is 15.8. The molecule has 0 aliphatic heterocycles. The molecule has 20 heavy (non-hydrogen) atoms. The van der Waals surface area contributed by atoms with E-state index in [9.17, 15) is 9.59 Å². The van der Waals surface area contributed by atoms with Crippen LogP contribution >= 0.6 is 0 Å². The summed E-state index contributed by atoms with van der Waals surface area (Å²) in [5.74, 6) is -0.0807. The fourth-order valence-electron chi connectivity index (χ4n) is 1.63. The third-order valence-corrected chi connectivity index (χ3v) is 3.00. The molecule has 2 atom stereocenters. The van der Waals surface area contributed by atoms with Crippen LogP contribution < -0.4 is 10.6 Å². The maximum Gasteiger partial charge on any atom is 0.408 e. The fraction of sp³-hybridized carbons (Fsp3) is 0.867. The maximum atomic E-state index is 12.1. The van der Waals surface area contributed by atoms with E-state index >= 15 is 0 Å². The van der Waals surface area contributed by atoms with Crippen LogP contribution in [0.2, 0.25) is 0 Å². The number of nitrogens with one attached hydrogen (secondary N) is 2. The van der Waals surface area contributed by atoms with Crippen LogP contribution in [-0.2, 0) is 9.53 Å². The van der Waals surface area contributed by atoms with Crippen LogP contribution in [0, 0.1) is 5.92 Å². The lowest BCUT2D eigenvalue weighted by Crippen LogP contribution is -2.51. The fourth-order valence-corrected chi connectivity index (χ4v) is 1.63. The minimum Gasteiger partial charge on any atom is -0.444 e. The average molecular weight is 286 g/mol. The Hall–Kier alpha value is -1.26. The Morgan fingerprint density at radius 2 is 1.80 bits per heavy atom. The summed E-state index contributed by atoms with van der Waals surface area (Å²) in [5, 5.41) is 5.54. The van der Waals surface area contributed by atoms with Crippen molar-refractivity contribution in [1.82, 2.24) is 10.6 Å². The van der Waals surface area contributed by atoms with Crippen molar-refractivity contribution in [3.05, 3.63) is 0 Å². The minimum atomic E-state index is -0.567. The summed E-state index contributed by atoms with van der Waals surface area (Å²) in [6, 6.07) is -0.549. The molecule has 0 aromatic carbocycles. The first-order valence-corrected chi connectivity index (χ1v) is 7.48. The normalized spacial score (nSPS) is 14.3. The van der Waals surface area contributed by atoms with Crippen LogP contribution in [0.1, 0.15) is 60.8 Å². The van der Waals surface area contributed by atoms with Gasteiger partial charge in [0.2, 0.25) is 5.91 Å². The minimum absolute atomic E-state index is 0.0594. The van der Waals surface area contributed by atoms with Gasteiger partial charge in [0.1, 0.15) is 11.6 Å². The summed E-state index contributed by atoms with van der Waals surface area (Å²) in [6.07, 6.45) is 2.22. The van der Waals surface area contributed by atoms with E-state index in [2.05, 4.69) is 17.6 Å². The van der Waals surface area contributed by atoms with Crippen molar-refractivity contribution in [2.75, 3.05) is 6.54 Å². The van der Waals surface area contributed by atoms with Gasteiger partial charge in [-0.15, -0.1) is 0 Å². The first-order chi connectivity index (χ1) is 9.21. The molecule has 5 nitrogen and oxygen atoms in total. The summed E-state index contributed by atoms with van der Waals surface area (Å²) in [5.41, 5.74) is -0.567. The van der Waals surface area contributed by atoms with Gasteiger partial charge in [-0.2, -0.15) is 0 Å². The molecule has 2 unspecified atom stereocenters. The highest BCUT2D eigenvalue weighted by atomic mass is 16.6. The van der Waals surface area contributed by atoms with E-state index in [1.807, 2.05) is 13.8 Å². The van der Waals surface area contributed by atoms with Crippen LogP contribution in [0.5, 0.6) is 0 Å². The molecular formula is C15H30N2O3. The van der Waals surface area contributed by atoms with Crippen LogP contribution in [0.3, 0.4) is 0 Å². The molecular weight excluding hydrogens is 256 g/mol. The number of carbonyl (C=O) groups is 2. The monoisotopic (exact) mass is 286 g/mol.